The van der Waals surface area contributed by atoms with Gasteiger partial charge in [-0.1, -0.05) is 29.8 Å². The molecule has 2 atom stereocenters. The number of aliphatic carboxylic acids is 1. The van der Waals surface area contributed by atoms with Gasteiger partial charge in [0.05, 0.1) is 33.9 Å². The zero-order valence-corrected chi connectivity index (χ0v) is 23.3. The number of hydrogen-bond acceptors (Lipinski definition) is 6. The minimum Gasteiger partial charge on any atom is -0.481 e. The molecule has 3 aliphatic carbocycles. The molecule has 1 saturated heterocycles. The van der Waals surface area contributed by atoms with Crippen molar-refractivity contribution in [3.8, 4) is 0 Å². The summed E-state index contributed by atoms with van der Waals surface area (Å²) < 4.78 is 3.42. The topological polar surface area (TPSA) is 123 Å². The molecule has 41 heavy (non-hydrogen) atoms. The standard InChI is InChI=1S/C30H31ClN6O4/c31-24-3-1-2-22(17-4-5-17)26(24)29(39)37-25-12-20(28(38)35-13-21(14-35)36-15-32-33-16-36)10-11-23(25)27(34-37)18-6-8-19(9-7-18)30(40)41/h1-3,6,15-17,19-21H,4-5,7-14H2,(H,40,41). The number of likely N-dealkylation sites (tertiary alicyclic amines) is 1. The fourth-order valence-electron chi connectivity index (χ4n) is 6.61. The van der Waals surface area contributed by atoms with E-state index in [1.807, 2.05) is 27.7 Å². The molecule has 4 aliphatic rings. The van der Waals surface area contributed by atoms with E-state index in [9.17, 15) is 19.5 Å². The third-order valence-electron chi connectivity index (χ3n) is 9.19. The van der Waals surface area contributed by atoms with E-state index in [1.54, 1.807) is 18.7 Å². The molecule has 1 aromatic carbocycles. The Labute approximate surface area is 242 Å². The average molecular weight is 575 g/mol. The molecule has 212 valence electrons. The van der Waals surface area contributed by atoms with Crippen molar-refractivity contribution in [2.75, 3.05) is 13.1 Å². The lowest BCUT2D eigenvalue weighted by molar-refractivity contribution is -0.142. The average Bonchev–Trinajstić information content (AvgIpc) is 3.53. The Bertz CT molecular complexity index is 1570. The highest BCUT2D eigenvalue weighted by molar-refractivity contribution is 6.34. The molecule has 0 spiro atoms. The quantitative estimate of drug-likeness (QED) is 0.469. The molecule has 0 bridgehead atoms. The van der Waals surface area contributed by atoms with Crippen LogP contribution < -0.4 is 0 Å². The molecule has 2 aromatic heterocycles. The van der Waals surface area contributed by atoms with Gasteiger partial charge in [0.25, 0.3) is 5.91 Å². The number of fused-ring (bicyclic) bond motifs is 1. The third-order valence-corrected chi connectivity index (χ3v) is 9.50. The van der Waals surface area contributed by atoms with Crippen molar-refractivity contribution in [1.82, 2.24) is 29.4 Å². The van der Waals surface area contributed by atoms with E-state index in [-0.39, 0.29) is 23.8 Å². The predicted octanol–water partition coefficient (Wildman–Crippen LogP) is 4.15. The Balaban J connectivity index is 1.21. The fourth-order valence-corrected chi connectivity index (χ4v) is 6.87. The van der Waals surface area contributed by atoms with Gasteiger partial charge in [-0.2, -0.15) is 9.78 Å². The molecular weight excluding hydrogens is 544 g/mol. The summed E-state index contributed by atoms with van der Waals surface area (Å²) in [6.45, 7) is 1.23. The Morgan fingerprint density at radius 2 is 1.73 bits per heavy atom. The van der Waals surface area contributed by atoms with Crippen LogP contribution in [0.2, 0.25) is 5.02 Å². The first kappa shape index (κ1) is 26.1. The maximum atomic E-state index is 14.2. The van der Waals surface area contributed by atoms with Crippen LogP contribution in [0, 0.1) is 11.8 Å². The van der Waals surface area contributed by atoms with E-state index in [0.29, 0.717) is 68.1 Å². The van der Waals surface area contributed by atoms with Gasteiger partial charge in [0.1, 0.15) is 12.7 Å². The summed E-state index contributed by atoms with van der Waals surface area (Å²) in [6, 6.07) is 5.79. The van der Waals surface area contributed by atoms with Crippen LogP contribution in [-0.2, 0) is 22.4 Å². The molecule has 11 heteroatoms. The monoisotopic (exact) mass is 574 g/mol. The molecule has 2 fully saturated rings. The number of carboxylic acid groups (broad SMARTS) is 1. The van der Waals surface area contributed by atoms with Gasteiger partial charge in [-0.05, 0) is 68.1 Å². The first-order chi connectivity index (χ1) is 19.9. The first-order valence-corrected chi connectivity index (χ1v) is 14.8. The van der Waals surface area contributed by atoms with E-state index in [0.717, 1.165) is 40.9 Å². The lowest BCUT2D eigenvalue weighted by Gasteiger charge is -2.41. The second-order valence-corrected chi connectivity index (χ2v) is 12.2. The number of carboxylic acids is 1. The van der Waals surface area contributed by atoms with E-state index < -0.39 is 11.9 Å². The summed E-state index contributed by atoms with van der Waals surface area (Å²) in [5.74, 6) is -1.27. The molecule has 1 amide bonds. The molecule has 1 N–H and O–H groups in total. The molecule has 7 rings (SSSR count). The van der Waals surface area contributed by atoms with Crippen LogP contribution in [0.5, 0.6) is 0 Å². The van der Waals surface area contributed by atoms with Crippen LogP contribution >= 0.6 is 11.6 Å². The largest absolute Gasteiger partial charge is 0.481 e. The number of aromatic nitrogens is 5. The first-order valence-electron chi connectivity index (χ1n) is 14.4. The Kier molecular flexibility index (Phi) is 6.53. The van der Waals surface area contributed by atoms with Gasteiger partial charge >= 0.3 is 5.97 Å². The molecular formula is C30H31ClN6O4. The maximum absolute atomic E-state index is 14.2. The highest BCUT2D eigenvalue weighted by Crippen LogP contribution is 2.44. The van der Waals surface area contributed by atoms with Crippen LogP contribution in [0.4, 0.5) is 0 Å². The van der Waals surface area contributed by atoms with Gasteiger partial charge in [-0.3, -0.25) is 14.4 Å². The third kappa shape index (κ3) is 4.67. The highest BCUT2D eigenvalue weighted by atomic mass is 35.5. The summed E-state index contributed by atoms with van der Waals surface area (Å²) in [5.41, 5.74) is 4.96. The molecule has 0 radical (unpaired) electrons. The second kappa shape index (κ2) is 10.2. The maximum Gasteiger partial charge on any atom is 0.306 e. The number of halogens is 1. The number of amides is 1. The lowest BCUT2D eigenvalue weighted by Crippen LogP contribution is -2.53. The number of allylic oxidation sites excluding steroid dienone is 2. The van der Waals surface area contributed by atoms with E-state index in [1.165, 1.54) is 4.68 Å². The Morgan fingerprint density at radius 1 is 0.976 bits per heavy atom. The number of benzene rings is 1. The van der Waals surface area contributed by atoms with Crippen LogP contribution in [0.15, 0.2) is 36.9 Å². The van der Waals surface area contributed by atoms with Gasteiger partial charge in [-0.25, -0.2) is 0 Å². The Morgan fingerprint density at radius 3 is 2.41 bits per heavy atom. The van der Waals surface area contributed by atoms with Gasteiger partial charge in [0, 0.05) is 31.0 Å². The minimum atomic E-state index is -0.784. The zero-order valence-electron chi connectivity index (χ0n) is 22.6. The van der Waals surface area contributed by atoms with E-state index in [4.69, 9.17) is 16.7 Å². The number of rotatable bonds is 6. The molecule has 3 aromatic rings. The number of carbonyl (C=O) groups is 3. The van der Waals surface area contributed by atoms with E-state index in [2.05, 4.69) is 10.2 Å². The summed E-state index contributed by atoms with van der Waals surface area (Å²) in [5, 5.41) is 22.5. The van der Waals surface area contributed by atoms with Gasteiger partial charge in [-0.15, -0.1) is 10.2 Å². The van der Waals surface area contributed by atoms with Gasteiger partial charge in [0.2, 0.25) is 5.91 Å². The van der Waals surface area contributed by atoms with Crippen LogP contribution in [0.25, 0.3) is 5.57 Å². The van der Waals surface area contributed by atoms with Crippen molar-refractivity contribution in [1.29, 1.82) is 0 Å². The molecule has 1 saturated carbocycles. The zero-order chi connectivity index (χ0) is 28.2. The van der Waals surface area contributed by atoms with Crippen molar-refractivity contribution in [2.45, 2.75) is 63.3 Å². The number of carbonyl (C=O) groups excluding carboxylic acids is 2. The Hall–Kier alpha value is -3.79. The van der Waals surface area contributed by atoms with Crippen molar-refractivity contribution in [2.24, 2.45) is 11.8 Å². The van der Waals surface area contributed by atoms with Gasteiger partial charge < -0.3 is 14.6 Å². The van der Waals surface area contributed by atoms with E-state index >= 15 is 0 Å². The number of hydrogen-bond donors (Lipinski definition) is 1. The van der Waals surface area contributed by atoms with Crippen LogP contribution in [-0.4, -0.2) is 65.4 Å². The SMILES string of the molecule is O=C(O)C1CC=C(c2nn(C(=O)c3c(Cl)cccc3C3CC3)c3c2CCC(C(=O)N2CC(n4cnnc4)C2)C3)CC1. The summed E-state index contributed by atoms with van der Waals surface area (Å²) in [4.78, 5) is 41.1. The number of nitrogens with zero attached hydrogens (tertiary/aromatic N) is 6. The summed E-state index contributed by atoms with van der Waals surface area (Å²) >= 11 is 6.63. The van der Waals surface area contributed by atoms with Gasteiger partial charge in [0.15, 0.2) is 0 Å². The smallest absolute Gasteiger partial charge is 0.306 e. The predicted molar refractivity (Wildman–Crippen MR) is 149 cm³/mol. The summed E-state index contributed by atoms with van der Waals surface area (Å²) in [6.07, 6.45) is 10.7. The van der Waals surface area contributed by atoms with Crippen molar-refractivity contribution in [3.63, 3.8) is 0 Å². The fraction of sp³-hybridized carbons (Fsp3) is 0.467. The van der Waals surface area contributed by atoms with Crippen molar-refractivity contribution >= 4 is 35.0 Å². The molecule has 1 aliphatic heterocycles. The lowest BCUT2D eigenvalue weighted by atomic mass is 9.82. The molecule has 10 nitrogen and oxygen atoms in total. The second-order valence-electron chi connectivity index (χ2n) is 11.8. The normalized spacial score (nSPS) is 22.6. The molecule has 3 heterocycles. The van der Waals surface area contributed by atoms with Crippen LogP contribution in [0.3, 0.4) is 0 Å². The van der Waals surface area contributed by atoms with Crippen molar-refractivity contribution < 1.29 is 19.5 Å². The minimum absolute atomic E-state index is 0.0966. The summed E-state index contributed by atoms with van der Waals surface area (Å²) in [7, 11) is 0. The van der Waals surface area contributed by atoms with Crippen molar-refractivity contribution in [3.05, 3.63) is 70.0 Å². The van der Waals surface area contributed by atoms with Crippen LogP contribution in [0.1, 0.15) is 83.4 Å². The molecule has 2 unspecified atom stereocenters. The highest BCUT2D eigenvalue weighted by Gasteiger charge is 2.40.